The van der Waals surface area contributed by atoms with Gasteiger partial charge in [-0.25, -0.2) is 23.8 Å². The fraction of sp³-hybridized carbons (Fsp3) is 0.125. The molecule has 0 radical (unpaired) electrons. The van der Waals surface area contributed by atoms with Crippen molar-refractivity contribution in [2.45, 2.75) is 11.7 Å². The van der Waals surface area contributed by atoms with Crippen LogP contribution in [0, 0.1) is 12.2 Å². The molecular formula is C16H11BrCl2SZr. The third-order valence-electron chi connectivity index (χ3n) is 2.94. The van der Waals surface area contributed by atoms with E-state index >= 15 is 0 Å². The summed E-state index contributed by atoms with van der Waals surface area (Å²) in [6, 6.07) is 6.47. The molecule has 5 heteroatoms. The Morgan fingerprint density at radius 3 is 2.67 bits per heavy atom. The van der Waals surface area contributed by atoms with Crippen molar-refractivity contribution in [3.63, 3.8) is 0 Å². The van der Waals surface area contributed by atoms with Crippen LogP contribution in [-0.2, 0) is 26.2 Å². The van der Waals surface area contributed by atoms with Crippen molar-refractivity contribution in [3.8, 4) is 0 Å². The van der Waals surface area contributed by atoms with E-state index in [0.717, 1.165) is 10.9 Å². The van der Waals surface area contributed by atoms with Gasteiger partial charge in [-0.15, -0.1) is 29.2 Å². The quantitative estimate of drug-likeness (QED) is 0.444. The second-order valence-corrected chi connectivity index (χ2v) is 6.05. The summed E-state index contributed by atoms with van der Waals surface area (Å²) in [4.78, 5) is 0. The average Bonchev–Trinajstić information content (AvgIpc) is 3.07. The van der Waals surface area contributed by atoms with Crippen LogP contribution in [-0.4, -0.2) is 0 Å². The molecular weight excluding hydrogens is 466 g/mol. The SMILES string of the molecule is Brc1ccc2c(c1)C=C1[C-]=CSC12.[C-]1=CC=CC1.[Cl-].[Cl-].[Zr+4]. The van der Waals surface area contributed by atoms with E-state index in [9.17, 15) is 0 Å². The number of thioether (sulfide) groups is 1. The van der Waals surface area contributed by atoms with Crippen molar-refractivity contribution < 1.29 is 51.0 Å². The number of fused-ring (bicyclic) bond motifs is 3. The Morgan fingerprint density at radius 2 is 2.05 bits per heavy atom. The number of hydrogen-bond acceptors (Lipinski definition) is 1. The topological polar surface area (TPSA) is 0 Å². The van der Waals surface area contributed by atoms with Gasteiger partial charge in [0.1, 0.15) is 0 Å². The van der Waals surface area contributed by atoms with Crippen molar-refractivity contribution in [2.75, 3.05) is 0 Å². The molecule has 1 unspecified atom stereocenters. The summed E-state index contributed by atoms with van der Waals surface area (Å²) in [5, 5.41) is 2.57. The molecule has 106 valence electrons. The smallest absolute Gasteiger partial charge is 1.00 e. The summed E-state index contributed by atoms with van der Waals surface area (Å²) >= 11 is 5.32. The molecule has 4 rings (SSSR count). The molecule has 0 spiro atoms. The molecule has 0 N–H and O–H groups in total. The zero-order valence-corrected chi connectivity index (χ0v) is 17.3. The molecule has 0 bridgehead atoms. The first kappa shape index (κ1) is 21.5. The van der Waals surface area contributed by atoms with Gasteiger partial charge in [0.2, 0.25) is 0 Å². The molecule has 1 atom stereocenters. The minimum atomic E-state index is 0. The van der Waals surface area contributed by atoms with Gasteiger partial charge in [-0.1, -0.05) is 28.1 Å². The zero-order chi connectivity index (χ0) is 12.4. The van der Waals surface area contributed by atoms with Crippen LogP contribution in [0.5, 0.6) is 0 Å². The molecule has 1 aromatic carbocycles. The van der Waals surface area contributed by atoms with E-state index in [1.807, 2.05) is 23.9 Å². The number of halogens is 3. The maximum absolute atomic E-state index is 3.48. The van der Waals surface area contributed by atoms with Gasteiger partial charge >= 0.3 is 26.2 Å². The Morgan fingerprint density at radius 1 is 1.24 bits per heavy atom. The van der Waals surface area contributed by atoms with Gasteiger partial charge in [0, 0.05) is 9.72 Å². The van der Waals surface area contributed by atoms with Crippen molar-refractivity contribution >= 4 is 33.8 Å². The maximum Gasteiger partial charge on any atom is 4.00 e. The number of rotatable bonds is 0. The van der Waals surface area contributed by atoms with Crippen molar-refractivity contribution in [1.82, 2.24) is 0 Å². The molecule has 0 amide bonds. The van der Waals surface area contributed by atoms with E-state index < -0.39 is 0 Å². The van der Waals surface area contributed by atoms with Crippen molar-refractivity contribution in [1.29, 1.82) is 0 Å². The summed E-state index contributed by atoms with van der Waals surface area (Å²) in [5.41, 5.74) is 4.07. The summed E-state index contributed by atoms with van der Waals surface area (Å²) in [6.45, 7) is 0. The first-order valence-corrected chi connectivity index (χ1v) is 7.54. The number of hydrogen-bond donors (Lipinski definition) is 0. The molecule has 1 heterocycles. The first-order chi connectivity index (χ1) is 8.84. The standard InChI is InChI=1S/C11H6BrS.C5H5.2ClH.Zr/c12-9-1-2-10-8(6-9)5-7-3-4-13-11(7)10;1-2-4-5-3-1;;;/h1-2,4-6,11H;1-3H,4H2;2*1H;/q2*-1;;;+4/p-2. The van der Waals surface area contributed by atoms with Gasteiger partial charge < -0.3 is 24.8 Å². The Hall–Kier alpha value is 0.473. The molecule has 0 saturated heterocycles. The molecule has 2 aliphatic carbocycles. The number of benzene rings is 1. The molecule has 0 nitrogen and oxygen atoms in total. The van der Waals surface area contributed by atoms with Crippen molar-refractivity contribution in [2.24, 2.45) is 0 Å². The van der Waals surface area contributed by atoms with Gasteiger partial charge in [-0.05, 0) is 11.6 Å². The van der Waals surface area contributed by atoms with Gasteiger partial charge in [0.05, 0.1) is 0 Å². The molecule has 21 heavy (non-hydrogen) atoms. The van der Waals surface area contributed by atoms with Crippen LogP contribution in [0.1, 0.15) is 22.8 Å². The predicted molar refractivity (Wildman–Crippen MR) is 81.8 cm³/mol. The summed E-state index contributed by atoms with van der Waals surface area (Å²) in [7, 11) is 0. The van der Waals surface area contributed by atoms with Gasteiger partial charge in [-0.2, -0.15) is 12.2 Å². The molecule has 0 saturated carbocycles. The fourth-order valence-electron chi connectivity index (χ4n) is 2.09. The minimum absolute atomic E-state index is 0. The first-order valence-electron chi connectivity index (χ1n) is 5.81. The van der Waals surface area contributed by atoms with Gasteiger partial charge in [-0.3, -0.25) is 6.08 Å². The summed E-state index contributed by atoms with van der Waals surface area (Å²) in [6.07, 6.45) is 15.5. The Balaban J connectivity index is 0.000000437. The average molecular weight is 477 g/mol. The Bertz CT molecular complexity index is 584. The van der Waals surface area contributed by atoms with E-state index in [4.69, 9.17) is 0 Å². The zero-order valence-electron chi connectivity index (χ0n) is 10.9. The van der Waals surface area contributed by atoms with E-state index in [0.29, 0.717) is 5.25 Å². The van der Waals surface area contributed by atoms with Crippen LogP contribution < -0.4 is 24.8 Å². The molecule has 0 aromatic heterocycles. The van der Waals surface area contributed by atoms with E-state index in [1.165, 1.54) is 16.7 Å². The van der Waals surface area contributed by atoms with Crippen molar-refractivity contribution in [3.05, 3.63) is 75.2 Å². The van der Waals surface area contributed by atoms with E-state index in [2.05, 4.69) is 63.8 Å². The van der Waals surface area contributed by atoms with Gasteiger partial charge in [0.15, 0.2) is 0 Å². The maximum atomic E-state index is 3.48. The normalized spacial score (nSPS) is 18.3. The van der Waals surface area contributed by atoms with Crippen LogP contribution in [0.4, 0.5) is 0 Å². The molecule has 1 aromatic rings. The van der Waals surface area contributed by atoms with E-state index in [1.54, 1.807) is 0 Å². The second-order valence-electron chi connectivity index (χ2n) is 4.15. The summed E-state index contributed by atoms with van der Waals surface area (Å²) in [5.74, 6) is 0. The number of allylic oxidation sites excluding steroid dienone is 5. The van der Waals surface area contributed by atoms with Crippen LogP contribution in [0.3, 0.4) is 0 Å². The second kappa shape index (κ2) is 10.3. The Kier molecular flexibility index (Phi) is 10.5. The van der Waals surface area contributed by atoms with Gasteiger partial charge in [0.25, 0.3) is 0 Å². The van der Waals surface area contributed by atoms with Crippen LogP contribution >= 0.6 is 27.7 Å². The van der Waals surface area contributed by atoms with Crippen LogP contribution in [0.2, 0.25) is 0 Å². The van der Waals surface area contributed by atoms with Crippen LogP contribution in [0.15, 0.2) is 51.9 Å². The fourth-order valence-corrected chi connectivity index (χ4v) is 3.46. The minimum Gasteiger partial charge on any atom is -1.00 e. The monoisotopic (exact) mass is 474 g/mol. The predicted octanol–water partition coefficient (Wildman–Crippen LogP) is -0.738. The van der Waals surface area contributed by atoms with E-state index in [-0.39, 0.29) is 51.0 Å². The largest absolute Gasteiger partial charge is 4.00 e. The molecule has 1 aliphatic heterocycles. The molecule has 0 fully saturated rings. The third-order valence-corrected chi connectivity index (χ3v) is 4.47. The molecule has 3 aliphatic rings. The Labute approximate surface area is 170 Å². The third kappa shape index (κ3) is 5.25. The van der Waals surface area contributed by atoms with Crippen LogP contribution in [0.25, 0.3) is 6.08 Å². The summed E-state index contributed by atoms with van der Waals surface area (Å²) < 4.78 is 1.15.